The minimum atomic E-state index is -0.304. The maximum Gasteiger partial charge on any atom is 0.261 e. The summed E-state index contributed by atoms with van der Waals surface area (Å²) in [7, 11) is 0. The highest BCUT2D eigenvalue weighted by Crippen LogP contribution is 2.24. The van der Waals surface area contributed by atoms with Gasteiger partial charge in [0.1, 0.15) is 0 Å². The lowest BCUT2D eigenvalue weighted by Gasteiger charge is -2.26. The van der Waals surface area contributed by atoms with Crippen LogP contribution in [0.15, 0.2) is 18.2 Å². The lowest BCUT2D eigenvalue weighted by atomic mass is 10.1. The summed E-state index contributed by atoms with van der Waals surface area (Å²) in [5.41, 5.74) is 1.12. The first kappa shape index (κ1) is 18.5. The number of unbranched alkanes of at least 4 members (excludes halogenated alkanes) is 1. The van der Waals surface area contributed by atoms with E-state index < -0.39 is 0 Å². The quantitative estimate of drug-likeness (QED) is 0.739. The number of rotatable bonds is 7. The predicted molar refractivity (Wildman–Crippen MR) is 96.3 cm³/mol. The number of carbonyl (C=O) groups is 3. The van der Waals surface area contributed by atoms with Crippen LogP contribution in [-0.4, -0.2) is 73.5 Å². The summed E-state index contributed by atoms with van der Waals surface area (Å²) in [6, 6.07) is 4.72. The van der Waals surface area contributed by atoms with Crippen LogP contribution in [0.5, 0.6) is 0 Å². The van der Waals surface area contributed by atoms with Crippen molar-refractivity contribution >= 4 is 17.7 Å². The van der Waals surface area contributed by atoms with Crippen LogP contribution in [0.4, 0.5) is 0 Å². The second-order valence-corrected chi connectivity index (χ2v) is 6.59. The lowest BCUT2D eigenvalue weighted by Crippen LogP contribution is -2.41. The third-order valence-electron chi connectivity index (χ3n) is 4.79. The van der Waals surface area contributed by atoms with E-state index in [0.29, 0.717) is 29.8 Å². The number of morpholine rings is 1. The Morgan fingerprint density at radius 3 is 2.58 bits per heavy atom. The van der Waals surface area contributed by atoms with Gasteiger partial charge in [-0.25, -0.2) is 0 Å². The number of nitrogens with one attached hydrogen (secondary N) is 1. The highest BCUT2D eigenvalue weighted by molar-refractivity contribution is 6.22. The molecule has 0 unspecified atom stereocenters. The van der Waals surface area contributed by atoms with Gasteiger partial charge in [-0.15, -0.1) is 0 Å². The second kappa shape index (κ2) is 8.42. The van der Waals surface area contributed by atoms with Crippen molar-refractivity contribution in [3.05, 3.63) is 34.9 Å². The van der Waals surface area contributed by atoms with Gasteiger partial charge in [-0.3, -0.25) is 24.2 Å². The molecule has 0 aromatic heterocycles. The first-order valence-electron chi connectivity index (χ1n) is 9.20. The highest BCUT2D eigenvalue weighted by atomic mass is 16.5. The summed E-state index contributed by atoms with van der Waals surface area (Å²) in [5, 5.41) is 2.88. The van der Waals surface area contributed by atoms with Crippen LogP contribution in [0.1, 0.15) is 50.8 Å². The maximum absolute atomic E-state index is 12.5. The van der Waals surface area contributed by atoms with Crippen molar-refractivity contribution in [3.63, 3.8) is 0 Å². The molecule has 26 heavy (non-hydrogen) atoms. The molecule has 0 aliphatic carbocycles. The molecule has 140 valence electrons. The van der Waals surface area contributed by atoms with Gasteiger partial charge >= 0.3 is 0 Å². The summed E-state index contributed by atoms with van der Waals surface area (Å²) >= 11 is 0. The molecule has 3 amide bonds. The van der Waals surface area contributed by atoms with E-state index in [1.807, 2.05) is 6.92 Å². The number of fused-ring (bicyclic) bond motifs is 1. The zero-order chi connectivity index (χ0) is 18.5. The molecule has 7 nitrogen and oxygen atoms in total. The van der Waals surface area contributed by atoms with E-state index in [0.717, 1.165) is 45.7 Å². The summed E-state index contributed by atoms with van der Waals surface area (Å²) in [5.74, 6) is -0.799. The monoisotopic (exact) mass is 359 g/mol. The average molecular weight is 359 g/mol. The Bertz CT molecular complexity index is 698. The number of nitrogens with zero attached hydrogens (tertiary/aromatic N) is 2. The Morgan fingerprint density at radius 2 is 1.85 bits per heavy atom. The smallest absolute Gasteiger partial charge is 0.261 e. The molecule has 0 atom stereocenters. The fraction of sp³-hybridized carbons (Fsp3) is 0.526. The number of amides is 3. The molecule has 1 aromatic rings. The Balaban J connectivity index is 1.60. The zero-order valence-electron chi connectivity index (χ0n) is 15.1. The van der Waals surface area contributed by atoms with Crippen molar-refractivity contribution in [2.24, 2.45) is 0 Å². The molecule has 0 spiro atoms. The Morgan fingerprint density at radius 1 is 1.12 bits per heavy atom. The van der Waals surface area contributed by atoms with Gasteiger partial charge in [-0.2, -0.15) is 0 Å². The topological polar surface area (TPSA) is 79.0 Å². The van der Waals surface area contributed by atoms with Crippen molar-refractivity contribution in [1.29, 1.82) is 0 Å². The predicted octanol–water partition coefficient (Wildman–Crippen LogP) is 1.14. The lowest BCUT2D eigenvalue weighted by molar-refractivity contribution is 0.0383. The number of hydrogen-bond acceptors (Lipinski definition) is 5. The summed E-state index contributed by atoms with van der Waals surface area (Å²) < 4.78 is 5.30. The molecule has 2 heterocycles. The van der Waals surface area contributed by atoms with Gasteiger partial charge in [0.2, 0.25) is 0 Å². The molecule has 0 radical (unpaired) electrons. The highest BCUT2D eigenvalue weighted by Gasteiger charge is 2.35. The van der Waals surface area contributed by atoms with Gasteiger partial charge in [-0.1, -0.05) is 13.3 Å². The van der Waals surface area contributed by atoms with Gasteiger partial charge in [0.25, 0.3) is 17.7 Å². The maximum atomic E-state index is 12.5. The van der Waals surface area contributed by atoms with E-state index in [1.165, 1.54) is 11.0 Å². The number of carbonyl (C=O) groups excluding carboxylic acids is 3. The summed E-state index contributed by atoms with van der Waals surface area (Å²) in [6.07, 6.45) is 1.69. The molecule has 7 heteroatoms. The van der Waals surface area contributed by atoms with Crippen LogP contribution in [0.25, 0.3) is 0 Å². The van der Waals surface area contributed by atoms with Crippen LogP contribution in [0, 0.1) is 0 Å². The van der Waals surface area contributed by atoms with Crippen molar-refractivity contribution in [1.82, 2.24) is 15.1 Å². The molecule has 1 fully saturated rings. The van der Waals surface area contributed by atoms with Crippen molar-refractivity contribution in [2.75, 3.05) is 45.9 Å². The standard InChI is InChI=1S/C19H25N3O4/c1-2-3-7-22-18(24)15-5-4-14(13-16(15)19(22)25)17(23)20-6-8-21-9-11-26-12-10-21/h4-5,13H,2-3,6-12H2,1H3,(H,20,23). The first-order chi connectivity index (χ1) is 12.6. The zero-order valence-corrected chi connectivity index (χ0v) is 15.1. The first-order valence-corrected chi connectivity index (χ1v) is 9.20. The SMILES string of the molecule is CCCCN1C(=O)c2ccc(C(=O)NCCN3CCOCC3)cc2C1=O. The van der Waals surface area contributed by atoms with Gasteiger partial charge in [0, 0.05) is 38.3 Å². The van der Waals surface area contributed by atoms with Crippen molar-refractivity contribution in [3.8, 4) is 0 Å². The number of imide groups is 1. The third-order valence-corrected chi connectivity index (χ3v) is 4.79. The molecular weight excluding hydrogens is 334 g/mol. The fourth-order valence-corrected chi connectivity index (χ4v) is 3.21. The van der Waals surface area contributed by atoms with Gasteiger partial charge < -0.3 is 10.1 Å². The molecular formula is C19H25N3O4. The number of benzene rings is 1. The summed E-state index contributed by atoms with van der Waals surface area (Å²) in [4.78, 5) is 40.7. The third kappa shape index (κ3) is 3.94. The molecule has 1 saturated heterocycles. The van der Waals surface area contributed by atoms with Crippen LogP contribution < -0.4 is 5.32 Å². The molecule has 1 N–H and O–H groups in total. The van der Waals surface area contributed by atoms with Crippen LogP contribution in [0.2, 0.25) is 0 Å². The molecule has 3 rings (SSSR count). The largest absolute Gasteiger partial charge is 0.379 e. The number of ether oxygens (including phenoxy) is 1. The Labute approximate surface area is 153 Å². The van der Waals surface area contributed by atoms with E-state index in [9.17, 15) is 14.4 Å². The van der Waals surface area contributed by atoms with E-state index in [2.05, 4.69) is 10.2 Å². The fourth-order valence-electron chi connectivity index (χ4n) is 3.21. The normalized spacial score (nSPS) is 17.5. The van der Waals surface area contributed by atoms with Crippen LogP contribution in [-0.2, 0) is 4.74 Å². The van der Waals surface area contributed by atoms with Crippen molar-refractivity contribution < 1.29 is 19.1 Å². The van der Waals surface area contributed by atoms with Gasteiger partial charge in [0.05, 0.1) is 24.3 Å². The minimum Gasteiger partial charge on any atom is -0.379 e. The molecule has 1 aromatic carbocycles. The molecule has 0 saturated carbocycles. The van der Waals surface area contributed by atoms with E-state index in [-0.39, 0.29) is 17.7 Å². The Hall–Kier alpha value is -2.25. The Kier molecular flexibility index (Phi) is 6.00. The second-order valence-electron chi connectivity index (χ2n) is 6.59. The van der Waals surface area contributed by atoms with E-state index in [1.54, 1.807) is 12.1 Å². The van der Waals surface area contributed by atoms with Crippen molar-refractivity contribution in [2.45, 2.75) is 19.8 Å². The number of hydrogen-bond donors (Lipinski definition) is 1. The van der Waals surface area contributed by atoms with E-state index in [4.69, 9.17) is 4.74 Å². The summed E-state index contributed by atoms with van der Waals surface area (Å²) in [6.45, 7) is 6.93. The molecule has 0 bridgehead atoms. The van der Waals surface area contributed by atoms with Gasteiger partial charge in [0.15, 0.2) is 0 Å². The molecule has 2 aliphatic rings. The average Bonchev–Trinajstić information content (AvgIpc) is 2.91. The van der Waals surface area contributed by atoms with Crippen LogP contribution in [0.3, 0.4) is 0 Å². The van der Waals surface area contributed by atoms with E-state index >= 15 is 0 Å². The molecule has 2 aliphatic heterocycles. The van der Waals surface area contributed by atoms with Crippen LogP contribution >= 0.6 is 0 Å². The van der Waals surface area contributed by atoms with Gasteiger partial charge in [-0.05, 0) is 24.6 Å². The minimum absolute atomic E-state index is 0.228.